The first-order chi connectivity index (χ1) is 29.0. The van der Waals surface area contributed by atoms with E-state index in [0.29, 0.717) is 0 Å². The molecule has 1 N–H and O–H groups in total. The van der Waals surface area contributed by atoms with Crippen LogP contribution >= 0.6 is 0 Å². The average molecular weight is 931 g/mol. The second-order valence-electron chi connectivity index (χ2n) is 24.0. The van der Waals surface area contributed by atoms with Crippen molar-refractivity contribution in [3.63, 3.8) is 0 Å². The quantitative estimate of drug-likeness (QED) is 0.191. The Hall–Kier alpha value is -3.87. The SMILES string of the molecule is CC(C)(C)C(=O)OC[C@H]1O[C@H](O[C@H]2O[C@H](COC(=O)C(C)(C)C)[C@@H](OC(=O)C(C)(C)C)[C@H](OC(=O)C(C)(C)C)[C@H]2O)[C@H](OC(=O)C(C)(C)C)[C@@H](OC(=O)C(C)(C)C)[C@@H]1OC(=O)C(C)(C)C. The van der Waals surface area contributed by atoms with Crippen LogP contribution in [0.5, 0.6) is 0 Å². The number of esters is 7. The topological polar surface area (TPSA) is 232 Å². The van der Waals surface area contributed by atoms with Crippen molar-refractivity contribution in [3.05, 3.63) is 0 Å². The second-order valence-corrected chi connectivity index (χ2v) is 24.0. The van der Waals surface area contributed by atoms with Crippen LogP contribution in [-0.2, 0) is 80.9 Å². The van der Waals surface area contributed by atoms with Gasteiger partial charge in [0.2, 0.25) is 6.29 Å². The van der Waals surface area contributed by atoms with Crippen molar-refractivity contribution in [2.45, 2.75) is 207 Å². The average Bonchev–Trinajstić information content (AvgIpc) is 3.11. The predicted molar refractivity (Wildman–Crippen MR) is 232 cm³/mol. The summed E-state index contributed by atoms with van der Waals surface area (Å²) in [5, 5.41) is 12.2. The number of hydrogen-bond acceptors (Lipinski definition) is 18. The number of carbonyl (C=O) groups is 7. The molecule has 0 radical (unpaired) electrons. The molecule has 0 aromatic rings. The number of ether oxygens (including phenoxy) is 10. The Morgan fingerprint density at radius 1 is 0.354 bits per heavy atom. The largest absolute Gasteiger partial charge is 0.462 e. The molecule has 18 nitrogen and oxygen atoms in total. The monoisotopic (exact) mass is 931 g/mol. The third-order valence-electron chi connectivity index (χ3n) is 9.73. The lowest BCUT2D eigenvalue weighted by molar-refractivity contribution is -0.379. The van der Waals surface area contributed by atoms with Gasteiger partial charge >= 0.3 is 41.8 Å². The van der Waals surface area contributed by atoms with Gasteiger partial charge in [-0.15, -0.1) is 0 Å². The zero-order valence-corrected chi connectivity index (χ0v) is 42.6. The van der Waals surface area contributed by atoms with Crippen molar-refractivity contribution >= 4 is 41.8 Å². The van der Waals surface area contributed by atoms with Crippen LogP contribution in [0, 0.1) is 37.9 Å². The van der Waals surface area contributed by atoms with Crippen LogP contribution in [0.4, 0.5) is 0 Å². The molecule has 10 atom stereocenters. The Kier molecular flexibility index (Phi) is 18.1. The molecular weight excluding hydrogens is 852 g/mol. The summed E-state index contributed by atoms with van der Waals surface area (Å²) in [5.74, 6) is -5.42. The van der Waals surface area contributed by atoms with Gasteiger partial charge in [-0.05, 0) is 145 Å². The molecule has 0 saturated carbocycles. The van der Waals surface area contributed by atoms with E-state index < -0.39 is 154 Å². The van der Waals surface area contributed by atoms with Crippen molar-refractivity contribution in [2.24, 2.45) is 37.9 Å². The van der Waals surface area contributed by atoms with Gasteiger partial charge in [0.25, 0.3) is 0 Å². The third-order valence-corrected chi connectivity index (χ3v) is 9.73. The van der Waals surface area contributed by atoms with Crippen molar-refractivity contribution in [1.82, 2.24) is 0 Å². The number of hydrogen-bond donors (Lipinski definition) is 1. The first-order valence-electron chi connectivity index (χ1n) is 22.0. The maximum absolute atomic E-state index is 13.8. The fourth-order valence-corrected chi connectivity index (χ4v) is 5.32. The lowest BCUT2D eigenvalue weighted by Crippen LogP contribution is -2.67. The standard InChI is InChI=1S/C47H78O18/c1-41(2,3)34(49)56-22-24-27(60-36(51)43(7,8)9)29(62-38(53)45(13,14)15)26(48)32(58-24)65-33-31(64-40(55)47(19,20)21)30(63-39(54)46(16,17)18)28(61-37(52)44(10,11)12)25(59-33)23-57-35(50)42(4,5)6/h24-33,48H,22-23H2,1-21H3/t24-,25-,26-,27-,28-,29-,30+,31-,32-,33-/m1/s1. The first kappa shape index (κ1) is 57.3. The highest BCUT2D eigenvalue weighted by Crippen LogP contribution is 2.38. The first-order valence-corrected chi connectivity index (χ1v) is 22.0. The molecule has 0 aromatic heterocycles. The second kappa shape index (κ2) is 20.6. The van der Waals surface area contributed by atoms with Gasteiger partial charge in [-0.25, -0.2) is 0 Å². The summed E-state index contributed by atoms with van der Waals surface area (Å²) < 4.78 is 60.4. The van der Waals surface area contributed by atoms with Gasteiger partial charge in [0.05, 0.1) is 37.9 Å². The van der Waals surface area contributed by atoms with E-state index in [4.69, 9.17) is 47.4 Å². The summed E-state index contributed by atoms with van der Waals surface area (Å²) in [7, 11) is 0. The van der Waals surface area contributed by atoms with E-state index in [1.807, 2.05) is 0 Å². The summed E-state index contributed by atoms with van der Waals surface area (Å²) in [6, 6.07) is 0. The molecule has 0 aliphatic carbocycles. The van der Waals surface area contributed by atoms with Crippen LogP contribution in [0.15, 0.2) is 0 Å². The minimum absolute atomic E-state index is 0.607. The van der Waals surface area contributed by atoms with E-state index in [2.05, 4.69) is 0 Å². The minimum Gasteiger partial charge on any atom is -0.462 e. The Morgan fingerprint density at radius 3 is 0.908 bits per heavy atom. The van der Waals surface area contributed by atoms with Crippen LogP contribution in [0.2, 0.25) is 0 Å². The fraction of sp³-hybridized carbons (Fsp3) is 0.851. The molecule has 2 aliphatic heterocycles. The highest BCUT2D eigenvalue weighted by Gasteiger charge is 2.58. The molecule has 18 heteroatoms. The van der Waals surface area contributed by atoms with Crippen molar-refractivity contribution < 1.29 is 86.0 Å². The van der Waals surface area contributed by atoms with Crippen LogP contribution in [0.3, 0.4) is 0 Å². The van der Waals surface area contributed by atoms with Gasteiger partial charge in [-0.3, -0.25) is 33.6 Å². The highest BCUT2D eigenvalue weighted by molar-refractivity contribution is 5.79. The number of carbonyl (C=O) groups excluding carboxylic acids is 7. The fourth-order valence-electron chi connectivity index (χ4n) is 5.32. The van der Waals surface area contributed by atoms with Crippen LogP contribution < -0.4 is 0 Å². The van der Waals surface area contributed by atoms with Gasteiger partial charge in [-0.1, -0.05) is 0 Å². The molecule has 2 aliphatic rings. The molecule has 0 spiro atoms. The molecule has 2 heterocycles. The summed E-state index contributed by atoms with van der Waals surface area (Å²) in [5.41, 5.74) is -7.78. The van der Waals surface area contributed by atoms with E-state index >= 15 is 0 Å². The lowest BCUT2D eigenvalue weighted by atomic mass is 9.92. The summed E-state index contributed by atoms with van der Waals surface area (Å²) in [4.78, 5) is 94.7. The molecule has 2 saturated heterocycles. The molecule has 2 fully saturated rings. The van der Waals surface area contributed by atoms with Crippen molar-refractivity contribution in [1.29, 1.82) is 0 Å². The minimum atomic E-state index is -2.01. The van der Waals surface area contributed by atoms with Crippen molar-refractivity contribution in [2.75, 3.05) is 13.2 Å². The molecule has 374 valence electrons. The number of aliphatic hydroxyl groups excluding tert-OH is 1. The highest BCUT2D eigenvalue weighted by atomic mass is 16.8. The normalized spacial score (nSPS) is 27.1. The van der Waals surface area contributed by atoms with Crippen LogP contribution in [-0.4, -0.2) is 122 Å². The van der Waals surface area contributed by atoms with E-state index in [-0.39, 0.29) is 0 Å². The van der Waals surface area contributed by atoms with Gasteiger partial charge < -0.3 is 52.5 Å². The molecule has 0 amide bonds. The summed E-state index contributed by atoms with van der Waals surface area (Å²) in [6.45, 7) is 32.0. The Bertz CT molecular complexity index is 1720. The zero-order valence-electron chi connectivity index (χ0n) is 42.6. The van der Waals surface area contributed by atoms with Gasteiger partial charge in [-0.2, -0.15) is 0 Å². The molecule has 2 rings (SSSR count). The zero-order chi connectivity index (χ0) is 50.8. The van der Waals surface area contributed by atoms with Crippen LogP contribution in [0.1, 0.15) is 145 Å². The smallest absolute Gasteiger partial charge is 0.311 e. The lowest BCUT2D eigenvalue weighted by Gasteiger charge is -2.48. The number of aliphatic hydroxyl groups is 1. The Labute approximate surface area is 385 Å². The van der Waals surface area contributed by atoms with E-state index in [1.165, 1.54) is 0 Å². The predicted octanol–water partition coefficient (Wildman–Crippen LogP) is 5.78. The van der Waals surface area contributed by atoms with Gasteiger partial charge in [0.15, 0.2) is 36.8 Å². The van der Waals surface area contributed by atoms with E-state index in [9.17, 15) is 38.7 Å². The van der Waals surface area contributed by atoms with E-state index in [0.717, 1.165) is 0 Å². The number of rotatable bonds is 11. The Balaban J connectivity index is 2.98. The maximum Gasteiger partial charge on any atom is 0.311 e. The molecule has 0 unspecified atom stereocenters. The van der Waals surface area contributed by atoms with Crippen LogP contribution in [0.25, 0.3) is 0 Å². The molecule has 0 aromatic carbocycles. The summed E-state index contributed by atoms with van der Waals surface area (Å²) >= 11 is 0. The van der Waals surface area contributed by atoms with E-state index in [1.54, 1.807) is 145 Å². The molecular formula is C47H78O18. The van der Waals surface area contributed by atoms with Gasteiger partial charge in [0.1, 0.15) is 31.5 Å². The summed E-state index contributed by atoms with van der Waals surface area (Å²) in [6.07, 6.45) is -17.3. The molecule has 65 heavy (non-hydrogen) atoms. The Morgan fingerprint density at radius 2 is 0.600 bits per heavy atom. The molecule has 0 bridgehead atoms. The van der Waals surface area contributed by atoms with Gasteiger partial charge in [0, 0.05) is 0 Å². The third kappa shape index (κ3) is 16.2. The van der Waals surface area contributed by atoms with Crippen molar-refractivity contribution in [3.8, 4) is 0 Å². The maximum atomic E-state index is 13.8.